The molecule has 1 aromatic rings. The molecule has 0 amide bonds. The van der Waals surface area contributed by atoms with E-state index in [2.05, 4.69) is 25.3 Å². The monoisotopic (exact) mass is 295 g/mol. The van der Waals surface area contributed by atoms with Crippen LogP contribution in [0, 0.1) is 6.92 Å². The fourth-order valence-corrected chi connectivity index (χ4v) is 2.82. The van der Waals surface area contributed by atoms with Gasteiger partial charge in [0.2, 0.25) is 0 Å². The zero-order valence-electron chi connectivity index (χ0n) is 14.1. The van der Waals surface area contributed by atoms with Crippen molar-refractivity contribution < 1.29 is 14.5 Å². The summed E-state index contributed by atoms with van der Waals surface area (Å²) in [5.41, 5.74) is 1.16. The number of carbonyl (C=O) groups is 1. The molecule has 0 radical (unpaired) electrons. The summed E-state index contributed by atoms with van der Waals surface area (Å²) < 4.78 is 4.24. The summed E-state index contributed by atoms with van der Waals surface area (Å²) in [4.78, 5) is 11.3. The molecule has 0 aromatic carbocycles. The first kappa shape index (κ1) is 17.7. The summed E-state index contributed by atoms with van der Waals surface area (Å²) in [6.45, 7) is 9.18. The molecule has 0 fully saturated rings. The minimum atomic E-state index is -0.763. The molecule has 0 bridgehead atoms. The molecule has 1 aromatic heterocycles. The zero-order valence-corrected chi connectivity index (χ0v) is 14.1. The lowest BCUT2D eigenvalue weighted by Crippen LogP contribution is -2.44. The van der Waals surface area contributed by atoms with E-state index in [-0.39, 0.29) is 0 Å². The van der Waals surface area contributed by atoms with Crippen LogP contribution in [0.25, 0.3) is 0 Å². The Morgan fingerprint density at radius 1 is 1.24 bits per heavy atom. The zero-order chi connectivity index (χ0) is 15.8. The number of imidazole rings is 1. The van der Waals surface area contributed by atoms with Crippen molar-refractivity contribution in [2.24, 2.45) is 0 Å². The maximum Gasteiger partial charge on any atom is 0.349 e. The minimum absolute atomic E-state index is 0.493. The molecule has 21 heavy (non-hydrogen) atoms. The average molecular weight is 295 g/mol. The van der Waals surface area contributed by atoms with Crippen LogP contribution in [-0.2, 0) is 17.8 Å². The molecule has 0 saturated heterocycles. The Kier molecular flexibility index (Phi) is 7.48. The Bertz CT molecular complexity index is 452. The Labute approximate surface area is 128 Å². The summed E-state index contributed by atoms with van der Waals surface area (Å²) in [5, 5.41) is 9.30. The van der Waals surface area contributed by atoms with E-state index in [1.165, 1.54) is 31.5 Å². The maximum absolute atomic E-state index is 11.3. The van der Waals surface area contributed by atoms with Gasteiger partial charge in [0.15, 0.2) is 6.04 Å². The lowest BCUT2D eigenvalue weighted by atomic mass is 10.1. The van der Waals surface area contributed by atoms with Gasteiger partial charge in [0.1, 0.15) is 11.9 Å². The van der Waals surface area contributed by atoms with E-state index in [0.717, 1.165) is 31.5 Å². The maximum atomic E-state index is 11.3. The van der Waals surface area contributed by atoms with E-state index >= 15 is 0 Å². The van der Waals surface area contributed by atoms with Crippen molar-refractivity contribution in [1.82, 2.24) is 4.57 Å². The second kappa shape index (κ2) is 8.85. The molecule has 1 unspecified atom stereocenters. The number of aryl methyl sites for hydroxylation is 1. The molecule has 120 valence electrons. The second-order valence-electron chi connectivity index (χ2n) is 5.92. The van der Waals surface area contributed by atoms with Crippen molar-refractivity contribution in [3.8, 4) is 0 Å². The molecule has 4 nitrogen and oxygen atoms in total. The Morgan fingerprint density at radius 3 is 2.48 bits per heavy atom. The van der Waals surface area contributed by atoms with E-state index in [1.807, 2.05) is 10.8 Å². The van der Waals surface area contributed by atoms with Gasteiger partial charge in [-0.3, -0.25) is 0 Å². The molecule has 0 spiro atoms. The van der Waals surface area contributed by atoms with Crippen LogP contribution in [-0.4, -0.2) is 15.6 Å². The molecular weight excluding hydrogens is 264 g/mol. The molecule has 1 atom stereocenters. The van der Waals surface area contributed by atoms with E-state index in [0.29, 0.717) is 0 Å². The number of carboxylic acids is 1. The fourth-order valence-electron chi connectivity index (χ4n) is 2.82. The van der Waals surface area contributed by atoms with Gasteiger partial charge >= 0.3 is 5.97 Å². The largest absolute Gasteiger partial charge is 0.478 e. The lowest BCUT2D eigenvalue weighted by molar-refractivity contribution is -0.714. The van der Waals surface area contributed by atoms with Crippen molar-refractivity contribution in [2.45, 2.75) is 85.2 Å². The highest BCUT2D eigenvalue weighted by atomic mass is 16.4. The highest BCUT2D eigenvalue weighted by Crippen LogP contribution is 2.12. The predicted molar refractivity (Wildman–Crippen MR) is 84.5 cm³/mol. The van der Waals surface area contributed by atoms with Crippen molar-refractivity contribution in [1.29, 1.82) is 0 Å². The summed E-state index contributed by atoms with van der Waals surface area (Å²) in [5.74, 6) is 0.404. The number of nitrogens with zero attached hydrogens (tertiary/aromatic N) is 2. The van der Waals surface area contributed by atoms with Crippen LogP contribution in [0.5, 0.6) is 0 Å². The number of rotatable bonds is 10. The summed E-state index contributed by atoms with van der Waals surface area (Å²) in [6.07, 6.45) is 10.2. The topological polar surface area (TPSA) is 46.1 Å². The van der Waals surface area contributed by atoms with Gasteiger partial charge in [0.25, 0.3) is 5.82 Å². The number of unbranched alkanes of at least 4 members (excludes halogenated alkanes) is 4. The van der Waals surface area contributed by atoms with Crippen LogP contribution in [0.15, 0.2) is 6.20 Å². The van der Waals surface area contributed by atoms with Gasteiger partial charge in [-0.15, -0.1) is 0 Å². The molecule has 4 heteroatoms. The number of aliphatic carboxylic acids is 1. The second-order valence-corrected chi connectivity index (χ2v) is 5.92. The molecule has 1 rings (SSSR count). The average Bonchev–Trinajstić information content (AvgIpc) is 2.75. The Morgan fingerprint density at radius 2 is 1.90 bits per heavy atom. The van der Waals surface area contributed by atoms with Gasteiger partial charge in [-0.1, -0.05) is 39.5 Å². The highest BCUT2D eigenvalue weighted by molar-refractivity contribution is 5.69. The highest BCUT2D eigenvalue weighted by Gasteiger charge is 2.27. The van der Waals surface area contributed by atoms with Crippen molar-refractivity contribution in [3.05, 3.63) is 17.7 Å². The number of hydrogen-bond acceptors (Lipinski definition) is 1. The summed E-state index contributed by atoms with van der Waals surface area (Å²) in [7, 11) is 0. The Hall–Kier alpha value is -1.32. The first-order chi connectivity index (χ1) is 10.0. The Balaban J connectivity index is 2.87. The fraction of sp³-hybridized carbons (Fsp3) is 0.765. The normalized spacial score (nSPS) is 12.6. The van der Waals surface area contributed by atoms with Crippen LogP contribution in [0.2, 0.25) is 0 Å². The molecule has 1 N–H and O–H groups in total. The van der Waals surface area contributed by atoms with E-state index < -0.39 is 12.0 Å². The van der Waals surface area contributed by atoms with Crippen molar-refractivity contribution >= 4 is 5.97 Å². The number of hydrogen-bond donors (Lipinski definition) is 1. The van der Waals surface area contributed by atoms with Crippen LogP contribution in [0.1, 0.15) is 76.9 Å². The van der Waals surface area contributed by atoms with E-state index in [9.17, 15) is 9.90 Å². The third-order valence-corrected chi connectivity index (χ3v) is 4.09. The van der Waals surface area contributed by atoms with E-state index in [1.54, 1.807) is 6.92 Å². The number of carboxylic acid groups (broad SMARTS) is 1. The summed E-state index contributed by atoms with van der Waals surface area (Å²) >= 11 is 0. The van der Waals surface area contributed by atoms with Gasteiger partial charge in [-0.25, -0.2) is 13.9 Å². The quantitative estimate of drug-likeness (QED) is 0.529. The van der Waals surface area contributed by atoms with Gasteiger partial charge < -0.3 is 5.11 Å². The molecule has 0 aliphatic heterocycles. The summed E-state index contributed by atoms with van der Waals surface area (Å²) in [6, 6.07) is -0.493. The lowest BCUT2D eigenvalue weighted by Gasteiger charge is -2.08. The van der Waals surface area contributed by atoms with E-state index in [4.69, 9.17) is 0 Å². The predicted octanol–water partition coefficient (Wildman–Crippen LogP) is 3.65. The van der Waals surface area contributed by atoms with Crippen LogP contribution < -0.4 is 4.57 Å². The van der Waals surface area contributed by atoms with Crippen LogP contribution in [0.4, 0.5) is 0 Å². The molecule has 0 saturated carbocycles. The standard InChI is InChI=1S/C17H30N2O2/c1-5-7-8-9-10-11-16-18(12-6-2)14(3)13-19(16)15(4)17(20)21/h13,15H,5-12H2,1-4H3/p+1. The molecular formula is C17H31N2O2+. The number of aromatic nitrogens is 2. The first-order valence-electron chi connectivity index (χ1n) is 8.35. The molecule has 1 heterocycles. The third-order valence-electron chi connectivity index (χ3n) is 4.09. The van der Waals surface area contributed by atoms with Crippen LogP contribution in [0.3, 0.4) is 0 Å². The van der Waals surface area contributed by atoms with Crippen LogP contribution >= 0.6 is 0 Å². The van der Waals surface area contributed by atoms with Gasteiger partial charge in [-0.05, 0) is 19.8 Å². The molecule has 0 aliphatic carbocycles. The SMILES string of the molecule is CCCCCCCc1n(CCC)c(C)c[n+]1C(C)C(=O)O. The van der Waals surface area contributed by atoms with Crippen molar-refractivity contribution in [2.75, 3.05) is 0 Å². The first-order valence-corrected chi connectivity index (χ1v) is 8.35. The van der Waals surface area contributed by atoms with Gasteiger partial charge in [-0.2, -0.15) is 0 Å². The van der Waals surface area contributed by atoms with Gasteiger partial charge in [0.05, 0.1) is 6.54 Å². The van der Waals surface area contributed by atoms with Gasteiger partial charge in [0, 0.05) is 13.3 Å². The minimum Gasteiger partial charge on any atom is -0.478 e. The molecule has 0 aliphatic rings. The smallest absolute Gasteiger partial charge is 0.349 e. The third kappa shape index (κ3) is 4.87. The van der Waals surface area contributed by atoms with Crippen molar-refractivity contribution in [3.63, 3.8) is 0 Å².